The van der Waals surface area contributed by atoms with Crippen molar-refractivity contribution >= 4 is 4.41 Å². The van der Waals surface area contributed by atoms with E-state index in [1.807, 2.05) is 13.8 Å². The molecule has 0 radical (unpaired) electrons. The Labute approximate surface area is 114 Å². The Balaban J connectivity index is 2.93. The van der Waals surface area contributed by atoms with Crippen molar-refractivity contribution < 1.29 is 21.7 Å². The van der Waals surface area contributed by atoms with Gasteiger partial charge < -0.3 is 0 Å². The first kappa shape index (κ1) is 14.5. The van der Waals surface area contributed by atoms with Crippen LogP contribution >= 0.6 is 0 Å². The topological polar surface area (TPSA) is 9.23 Å². The van der Waals surface area contributed by atoms with Crippen LogP contribution in [0, 0.1) is 5.41 Å². The van der Waals surface area contributed by atoms with Gasteiger partial charge in [-0.05, 0) is 0 Å². The van der Waals surface area contributed by atoms with E-state index in [1.165, 1.54) is 24.0 Å². The molecule has 0 aromatic heterocycles. The molecule has 0 atom stereocenters. The Kier molecular flexibility index (Phi) is 5.03. The van der Waals surface area contributed by atoms with E-state index in [4.69, 9.17) is 4.74 Å². The van der Waals surface area contributed by atoms with E-state index < -0.39 is 0 Å². The predicted octanol–water partition coefficient (Wildman–Crippen LogP) is 4.30. The summed E-state index contributed by atoms with van der Waals surface area (Å²) >= 11 is 2.41. The van der Waals surface area contributed by atoms with Crippen LogP contribution in [0.15, 0.2) is 35.1 Å². The molecule has 0 fully saturated rings. The molecule has 17 heavy (non-hydrogen) atoms. The van der Waals surface area contributed by atoms with Crippen molar-refractivity contribution in [2.75, 3.05) is 0 Å². The van der Waals surface area contributed by atoms with Crippen LogP contribution in [0.4, 0.5) is 0 Å². The van der Waals surface area contributed by atoms with E-state index >= 15 is 0 Å². The third-order valence-electron chi connectivity index (χ3n) is 3.17. The molecule has 0 aromatic carbocycles. The maximum atomic E-state index is 5.53. The summed E-state index contributed by atoms with van der Waals surface area (Å²) in [5, 5.41) is 0. The molecule has 2 heteroatoms. The van der Waals surface area contributed by atoms with Crippen molar-refractivity contribution in [3.05, 3.63) is 35.1 Å². The molecule has 0 saturated carbocycles. The molecule has 1 rings (SSSR count). The Morgan fingerprint density at radius 3 is 2.59 bits per heavy atom. The minimum atomic E-state index is 0.274. The van der Waals surface area contributed by atoms with Gasteiger partial charge in [0.05, 0.1) is 0 Å². The van der Waals surface area contributed by atoms with Crippen LogP contribution < -0.4 is 0 Å². The molecule has 0 saturated heterocycles. The van der Waals surface area contributed by atoms with Gasteiger partial charge in [-0.15, -0.1) is 0 Å². The van der Waals surface area contributed by atoms with Crippen LogP contribution in [0.2, 0.25) is 0 Å². The first-order valence-electron chi connectivity index (χ1n) is 6.09. The van der Waals surface area contributed by atoms with Crippen molar-refractivity contribution in [2.24, 2.45) is 5.41 Å². The van der Waals surface area contributed by atoms with Gasteiger partial charge in [0.1, 0.15) is 0 Å². The number of hydrogen-bond donors (Lipinski definition) is 0. The molecule has 0 unspecified atom stereocenters. The van der Waals surface area contributed by atoms with E-state index in [0.29, 0.717) is 0 Å². The minimum absolute atomic E-state index is 0.274. The molecule has 0 aliphatic heterocycles. The van der Waals surface area contributed by atoms with E-state index in [0.717, 1.165) is 10.2 Å². The van der Waals surface area contributed by atoms with Crippen LogP contribution in [-0.2, 0) is 21.7 Å². The number of rotatable bonds is 3. The van der Waals surface area contributed by atoms with E-state index in [1.54, 1.807) is 0 Å². The quantitative estimate of drug-likeness (QED) is 0.694. The summed E-state index contributed by atoms with van der Waals surface area (Å²) in [4.78, 5) is 0. The van der Waals surface area contributed by atoms with E-state index in [-0.39, 0.29) is 5.41 Å². The monoisotopic (exact) mass is 269 g/mol. The summed E-state index contributed by atoms with van der Waals surface area (Å²) in [5.41, 5.74) is 3.10. The number of hydrogen-bond acceptors (Lipinski definition) is 1. The first-order chi connectivity index (χ1) is 7.83. The van der Waals surface area contributed by atoms with E-state index in [9.17, 15) is 0 Å². The molecular formula is C15H22OV. The van der Waals surface area contributed by atoms with Crippen molar-refractivity contribution in [3.8, 4) is 0 Å². The third kappa shape index (κ3) is 4.33. The fourth-order valence-corrected chi connectivity index (χ4v) is 2.48. The normalized spacial score (nSPS) is 22.2. The van der Waals surface area contributed by atoms with Crippen LogP contribution in [0.1, 0.15) is 47.5 Å². The fraction of sp³-hybridized carbons (Fsp3) is 0.533. The Bertz CT molecular complexity index is 397. The third-order valence-corrected chi connectivity index (χ3v) is 3.31. The van der Waals surface area contributed by atoms with Gasteiger partial charge in [0, 0.05) is 0 Å². The van der Waals surface area contributed by atoms with E-state index in [2.05, 4.69) is 56.0 Å². The van der Waals surface area contributed by atoms with Crippen LogP contribution in [0.5, 0.6) is 0 Å². The van der Waals surface area contributed by atoms with Gasteiger partial charge in [-0.2, -0.15) is 0 Å². The van der Waals surface area contributed by atoms with Gasteiger partial charge in [-0.3, -0.25) is 0 Å². The Morgan fingerprint density at radius 2 is 2.06 bits per heavy atom. The summed E-state index contributed by atoms with van der Waals surface area (Å²) in [7, 11) is 0. The summed E-state index contributed by atoms with van der Waals surface area (Å²) < 4.78 is 6.45. The van der Waals surface area contributed by atoms with Gasteiger partial charge in [-0.25, -0.2) is 0 Å². The molecule has 0 heterocycles. The van der Waals surface area contributed by atoms with Crippen LogP contribution in [0.3, 0.4) is 0 Å². The molecule has 0 spiro atoms. The average molecular weight is 269 g/mol. The van der Waals surface area contributed by atoms with Crippen LogP contribution in [0.25, 0.3) is 0 Å². The molecule has 0 amide bonds. The summed E-state index contributed by atoms with van der Waals surface area (Å²) in [6.45, 7) is 10.8. The SMILES string of the molecule is C[C](=[V])O/C(C)=C\C=C1\C(C)=CCCC1(C)C. The second kappa shape index (κ2) is 5.88. The summed E-state index contributed by atoms with van der Waals surface area (Å²) in [6.07, 6.45) is 9.01. The zero-order valence-corrected chi connectivity index (χ0v) is 12.9. The Morgan fingerprint density at radius 1 is 1.41 bits per heavy atom. The molecule has 93 valence electrons. The van der Waals surface area contributed by atoms with Gasteiger partial charge >= 0.3 is 114 Å². The van der Waals surface area contributed by atoms with Crippen molar-refractivity contribution in [1.82, 2.24) is 0 Å². The second-order valence-electron chi connectivity index (χ2n) is 5.29. The summed E-state index contributed by atoms with van der Waals surface area (Å²) in [5.74, 6) is 0.935. The maximum absolute atomic E-state index is 5.53. The molecule has 1 nitrogen and oxygen atoms in total. The van der Waals surface area contributed by atoms with Crippen molar-refractivity contribution in [1.29, 1.82) is 0 Å². The average Bonchev–Trinajstić information content (AvgIpc) is 2.14. The number of ether oxygens (including phenoxy) is 1. The predicted molar refractivity (Wildman–Crippen MR) is 70.4 cm³/mol. The number of allylic oxidation sites excluding steroid dienone is 6. The van der Waals surface area contributed by atoms with Crippen molar-refractivity contribution in [3.63, 3.8) is 0 Å². The molecule has 0 aromatic rings. The van der Waals surface area contributed by atoms with Crippen molar-refractivity contribution in [2.45, 2.75) is 47.5 Å². The molecule has 0 N–H and O–H groups in total. The standard InChI is InChI=1S/C15H22O.V/c1-6-16-13(3)9-10-14-12(2)8-7-11-15(14,4)5;/h8-10H,7,11H2,1-5H3;/b13-9-,14-10-;. The molecule has 1 aliphatic rings. The van der Waals surface area contributed by atoms with Crippen LogP contribution in [-0.4, -0.2) is 4.41 Å². The van der Waals surface area contributed by atoms with Gasteiger partial charge in [-0.1, -0.05) is 0 Å². The zero-order valence-electron chi connectivity index (χ0n) is 11.5. The molecular weight excluding hydrogens is 247 g/mol. The molecule has 0 bridgehead atoms. The first-order valence-corrected chi connectivity index (χ1v) is 6.79. The van der Waals surface area contributed by atoms with Gasteiger partial charge in [0.2, 0.25) is 0 Å². The summed E-state index contributed by atoms with van der Waals surface area (Å²) in [6, 6.07) is 0. The zero-order chi connectivity index (χ0) is 13.1. The van der Waals surface area contributed by atoms with Gasteiger partial charge in [0.25, 0.3) is 0 Å². The fourth-order valence-electron chi connectivity index (χ4n) is 2.25. The second-order valence-corrected chi connectivity index (χ2v) is 6.27. The molecule has 1 aliphatic carbocycles. The van der Waals surface area contributed by atoms with Gasteiger partial charge in [0.15, 0.2) is 0 Å². The Hall–Kier alpha value is -0.526.